The normalized spacial score (nSPS) is 15.1. The third-order valence-electron chi connectivity index (χ3n) is 5.44. The molecule has 0 spiro atoms. The van der Waals surface area contributed by atoms with Crippen LogP contribution in [0.3, 0.4) is 0 Å². The maximum Gasteiger partial charge on any atom is 0.247 e. The number of thioether (sulfide) groups is 1. The average molecular weight is 449 g/mol. The lowest BCUT2D eigenvalue weighted by Gasteiger charge is -2.31. The van der Waals surface area contributed by atoms with Crippen molar-refractivity contribution in [1.29, 1.82) is 0 Å². The van der Waals surface area contributed by atoms with Gasteiger partial charge in [0, 0.05) is 23.3 Å². The summed E-state index contributed by atoms with van der Waals surface area (Å²) >= 11 is 1.56. The van der Waals surface area contributed by atoms with E-state index in [2.05, 4.69) is 50.0 Å². The van der Waals surface area contributed by atoms with Crippen LogP contribution in [0.2, 0.25) is 0 Å². The molecule has 0 aliphatic carbocycles. The molecule has 2 aromatic carbocycles. The highest BCUT2D eigenvalue weighted by Gasteiger charge is 2.35. The van der Waals surface area contributed by atoms with Crippen LogP contribution in [0.1, 0.15) is 50.1 Å². The van der Waals surface area contributed by atoms with Crippen LogP contribution >= 0.6 is 11.8 Å². The molecule has 7 heteroatoms. The Morgan fingerprint density at radius 3 is 2.62 bits per heavy atom. The number of nitrogens with zero attached hydrogens (tertiary/aromatic N) is 4. The van der Waals surface area contributed by atoms with Gasteiger partial charge in [-0.2, -0.15) is 4.98 Å². The fraction of sp³-hybridized carbons (Fsp3) is 0.360. The molecule has 0 N–H and O–H groups in total. The summed E-state index contributed by atoms with van der Waals surface area (Å²) in [5, 5.41) is 9.39. The largest absolute Gasteiger partial charge is 0.447 e. The summed E-state index contributed by atoms with van der Waals surface area (Å²) in [5.41, 5.74) is 5.31. The Bertz CT molecular complexity index is 1150. The van der Waals surface area contributed by atoms with Crippen molar-refractivity contribution in [1.82, 2.24) is 15.2 Å². The van der Waals surface area contributed by atoms with Crippen molar-refractivity contribution >= 4 is 23.4 Å². The number of hydrogen-bond acceptors (Lipinski definition) is 6. The Hall–Kier alpha value is -2.93. The van der Waals surface area contributed by atoms with E-state index in [1.54, 1.807) is 16.7 Å². The number of fused-ring (bicyclic) bond motifs is 3. The summed E-state index contributed by atoms with van der Waals surface area (Å²) in [4.78, 5) is 19.6. The van der Waals surface area contributed by atoms with Crippen molar-refractivity contribution in [2.45, 2.75) is 52.4 Å². The first-order valence-corrected chi connectivity index (χ1v) is 11.9. The molecular formula is C25H28N4O2S. The highest BCUT2D eigenvalue weighted by molar-refractivity contribution is 7.99. The first kappa shape index (κ1) is 22.3. The zero-order valence-electron chi connectivity index (χ0n) is 19.1. The molecule has 1 amide bonds. The molecule has 3 aromatic rings. The van der Waals surface area contributed by atoms with Gasteiger partial charge in [-0.05, 0) is 37.0 Å². The van der Waals surface area contributed by atoms with E-state index >= 15 is 0 Å². The lowest BCUT2D eigenvalue weighted by Crippen LogP contribution is -2.37. The minimum absolute atomic E-state index is 0.0316. The van der Waals surface area contributed by atoms with Gasteiger partial charge >= 0.3 is 0 Å². The molecule has 1 aliphatic rings. The fourth-order valence-corrected chi connectivity index (χ4v) is 4.32. The summed E-state index contributed by atoms with van der Waals surface area (Å²) in [6, 6.07) is 13.9. The molecule has 1 atom stereocenters. The van der Waals surface area contributed by atoms with Gasteiger partial charge in [-0.3, -0.25) is 9.69 Å². The van der Waals surface area contributed by atoms with Gasteiger partial charge in [0.05, 0.1) is 5.69 Å². The molecule has 0 radical (unpaired) electrons. The molecule has 0 saturated carbocycles. The second-order valence-corrected chi connectivity index (χ2v) is 9.39. The van der Waals surface area contributed by atoms with Crippen LogP contribution in [0.25, 0.3) is 11.3 Å². The zero-order valence-corrected chi connectivity index (χ0v) is 19.9. The quantitative estimate of drug-likeness (QED) is 0.464. The van der Waals surface area contributed by atoms with Gasteiger partial charge in [0.25, 0.3) is 0 Å². The zero-order chi connectivity index (χ0) is 22.8. The molecule has 0 saturated heterocycles. The van der Waals surface area contributed by atoms with E-state index in [0.29, 0.717) is 29.1 Å². The minimum atomic E-state index is -0.649. The van der Waals surface area contributed by atoms with Crippen molar-refractivity contribution in [2.24, 2.45) is 5.92 Å². The van der Waals surface area contributed by atoms with Crippen LogP contribution in [0, 0.1) is 19.8 Å². The number of benzene rings is 2. The molecule has 0 bridgehead atoms. The number of para-hydroxylation sites is 1. The highest BCUT2D eigenvalue weighted by Crippen LogP contribution is 2.43. The number of ether oxygens (including phenoxy) is 1. The van der Waals surface area contributed by atoms with Gasteiger partial charge in [0.15, 0.2) is 5.69 Å². The van der Waals surface area contributed by atoms with E-state index in [1.807, 2.05) is 37.3 Å². The molecule has 4 rings (SSSR count). The monoisotopic (exact) mass is 448 g/mol. The highest BCUT2D eigenvalue weighted by atomic mass is 32.2. The third-order valence-corrected chi connectivity index (χ3v) is 6.71. The van der Waals surface area contributed by atoms with Crippen LogP contribution < -0.4 is 9.64 Å². The van der Waals surface area contributed by atoms with Crippen LogP contribution in [-0.4, -0.2) is 26.8 Å². The minimum Gasteiger partial charge on any atom is -0.447 e. The second-order valence-electron chi connectivity index (χ2n) is 8.40. The Kier molecular flexibility index (Phi) is 6.46. The van der Waals surface area contributed by atoms with Crippen LogP contribution in [0.15, 0.2) is 47.6 Å². The predicted octanol–water partition coefficient (Wildman–Crippen LogP) is 5.74. The molecule has 32 heavy (non-hydrogen) atoms. The van der Waals surface area contributed by atoms with E-state index in [9.17, 15) is 4.79 Å². The Balaban J connectivity index is 1.89. The first-order valence-electron chi connectivity index (χ1n) is 10.9. The molecule has 0 unspecified atom stereocenters. The van der Waals surface area contributed by atoms with Crippen molar-refractivity contribution in [3.05, 3.63) is 59.2 Å². The molecule has 166 valence electrons. The Morgan fingerprint density at radius 1 is 1.12 bits per heavy atom. The summed E-state index contributed by atoms with van der Waals surface area (Å²) in [6.07, 6.45) is -0.298. The van der Waals surface area contributed by atoms with E-state index in [4.69, 9.17) is 9.72 Å². The number of carbonyl (C=O) groups excluding carboxylic acids is 1. The van der Waals surface area contributed by atoms with Crippen molar-refractivity contribution in [3.63, 3.8) is 0 Å². The van der Waals surface area contributed by atoms with Gasteiger partial charge in [0.2, 0.25) is 23.2 Å². The van der Waals surface area contributed by atoms with Gasteiger partial charge < -0.3 is 4.74 Å². The average Bonchev–Trinajstić information content (AvgIpc) is 2.93. The van der Waals surface area contributed by atoms with Crippen LogP contribution in [0.5, 0.6) is 5.88 Å². The molecule has 1 aromatic heterocycles. The number of aromatic nitrogens is 3. The summed E-state index contributed by atoms with van der Waals surface area (Å²) < 4.78 is 6.48. The number of hydrogen-bond donors (Lipinski definition) is 0. The molecule has 6 nitrogen and oxygen atoms in total. The fourth-order valence-electron chi connectivity index (χ4n) is 3.59. The van der Waals surface area contributed by atoms with Gasteiger partial charge in [-0.15, -0.1) is 10.2 Å². The van der Waals surface area contributed by atoms with Crippen molar-refractivity contribution in [2.75, 3.05) is 10.7 Å². The number of aryl methyl sites for hydroxylation is 2. The van der Waals surface area contributed by atoms with Gasteiger partial charge in [-0.1, -0.05) is 68.9 Å². The van der Waals surface area contributed by atoms with E-state index in [-0.39, 0.29) is 5.91 Å². The first-order chi connectivity index (χ1) is 15.4. The Labute approximate surface area is 193 Å². The smallest absolute Gasteiger partial charge is 0.247 e. The Morgan fingerprint density at radius 2 is 1.91 bits per heavy atom. The van der Waals surface area contributed by atoms with Gasteiger partial charge in [-0.25, -0.2) is 0 Å². The maximum absolute atomic E-state index is 13.2. The lowest BCUT2D eigenvalue weighted by molar-refractivity contribution is -0.120. The second kappa shape index (κ2) is 9.28. The summed E-state index contributed by atoms with van der Waals surface area (Å²) in [5.74, 6) is 1.76. The van der Waals surface area contributed by atoms with Crippen molar-refractivity contribution < 1.29 is 9.53 Å². The molecular weight excluding hydrogens is 420 g/mol. The number of carbonyl (C=O) groups is 1. The molecule has 0 fully saturated rings. The number of amides is 1. The molecule has 2 heterocycles. The topological polar surface area (TPSA) is 68.2 Å². The predicted molar refractivity (Wildman–Crippen MR) is 128 cm³/mol. The SMILES string of the molecule is CCC(=O)N1c2ccccc2-c2nnc(SCC(C)C)nc2O[C@@H]1c1ccc(C)c(C)c1. The van der Waals surface area contributed by atoms with Crippen LogP contribution in [0.4, 0.5) is 5.69 Å². The maximum atomic E-state index is 13.2. The van der Waals surface area contributed by atoms with E-state index in [0.717, 1.165) is 28.1 Å². The summed E-state index contributed by atoms with van der Waals surface area (Å²) in [7, 11) is 0. The standard InChI is InChI=1S/C25H28N4O2S/c1-6-21(30)29-20-10-8-7-9-19(20)22-23(26-25(28-27-22)32-14-15(2)3)31-24(29)18-12-11-16(4)17(5)13-18/h7-13,15,24H,6,14H2,1-5H3/t24-/m1/s1. The number of anilines is 1. The summed E-state index contributed by atoms with van der Waals surface area (Å²) in [6.45, 7) is 10.3. The van der Waals surface area contributed by atoms with E-state index in [1.165, 1.54) is 5.56 Å². The molecule has 1 aliphatic heterocycles. The van der Waals surface area contributed by atoms with Gasteiger partial charge in [0.1, 0.15) is 0 Å². The van der Waals surface area contributed by atoms with Crippen LogP contribution in [-0.2, 0) is 4.79 Å². The van der Waals surface area contributed by atoms with E-state index < -0.39 is 6.23 Å². The third kappa shape index (κ3) is 4.35. The lowest BCUT2D eigenvalue weighted by atomic mass is 10.0. The van der Waals surface area contributed by atoms with Crippen molar-refractivity contribution in [3.8, 4) is 17.1 Å². The number of rotatable bonds is 5.